The number of nitrogens with one attached hydrogen (secondary N) is 1. The second-order valence-corrected chi connectivity index (χ2v) is 8.39. The fourth-order valence-corrected chi connectivity index (χ4v) is 3.31. The molecule has 0 aliphatic carbocycles. The van der Waals surface area contributed by atoms with E-state index in [-0.39, 0.29) is 17.7 Å². The van der Waals surface area contributed by atoms with E-state index in [4.69, 9.17) is 5.26 Å². The number of Topliss-reactive ketones (excluding diaryl/α,β-unsaturated/α-hetero) is 1. The summed E-state index contributed by atoms with van der Waals surface area (Å²) in [4.78, 5) is 39.0. The molecule has 29 heavy (non-hydrogen) atoms. The lowest BCUT2D eigenvalue weighted by Gasteiger charge is -2.22. The van der Waals surface area contributed by atoms with Crippen molar-refractivity contribution in [3.63, 3.8) is 0 Å². The van der Waals surface area contributed by atoms with Gasteiger partial charge in [-0.15, -0.1) is 0 Å². The van der Waals surface area contributed by atoms with E-state index < -0.39 is 17.5 Å². The number of amides is 3. The molecule has 2 aromatic carbocycles. The van der Waals surface area contributed by atoms with E-state index in [1.54, 1.807) is 43.3 Å². The Hall–Kier alpha value is -3.46. The number of benzene rings is 2. The lowest BCUT2D eigenvalue weighted by Crippen LogP contribution is -2.41. The van der Waals surface area contributed by atoms with Gasteiger partial charge in [0.05, 0.1) is 18.2 Å². The number of carbonyl (C=O) groups is 3. The van der Waals surface area contributed by atoms with Crippen LogP contribution in [-0.4, -0.2) is 29.2 Å². The summed E-state index contributed by atoms with van der Waals surface area (Å²) >= 11 is 0. The van der Waals surface area contributed by atoms with Crippen molar-refractivity contribution in [3.8, 4) is 6.07 Å². The Morgan fingerprint density at radius 3 is 2.17 bits per heavy atom. The van der Waals surface area contributed by atoms with Crippen molar-refractivity contribution in [3.05, 3.63) is 70.8 Å². The quantitative estimate of drug-likeness (QED) is 0.640. The Morgan fingerprint density at radius 2 is 1.66 bits per heavy atom. The molecule has 1 atom stereocenters. The third-order valence-electron chi connectivity index (χ3n) is 5.24. The van der Waals surface area contributed by atoms with Gasteiger partial charge in [-0.05, 0) is 35.6 Å². The Bertz CT molecular complexity index is 1010. The number of nitriles is 1. The van der Waals surface area contributed by atoms with Crippen molar-refractivity contribution in [2.75, 3.05) is 6.54 Å². The van der Waals surface area contributed by atoms with Crippen LogP contribution in [0.15, 0.2) is 48.5 Å². The zero-order valence-electron chi connectivity index (χ0n) is 16.9. The van der Waals surface area contributed by atoms with E-state index in [1.807, 2.05) is 18.2 Å². The fraction of sp³-hybridized carbons (Fsp3) is 0.304. The lowest BCUT2D eigenvalue weighted by molar-refractivity contribution is -0.130. The molecule has 148 valence electrons. The minimum Gasteiger partial charge on any atom is -0.319 e. The normalized spacial score (nSPS) is 19.1. The number of hydrogen-bond acceptors (Lipinski definition) is 4. The molecule has 3 rings (SSSR count). The molecule has 6 nitrogen and oxygen atoms in total. The first-order valence-corrected chi connectivity index (χ1v) is 9.35. The van der Waals surface area contributed by atoms with Gasteiger partial charge < -0.3 is 5.32 Å². The van der Waals surface area contributed by atoms with Gasteiger partial charge in [0.25, 0.3) is 5.91 Å². The number of carbonyl (C=O) groups excluding carboxylic acids is 3. The van der Waals surface area contributed by atoms with E-state index >= 15 is 0 Å². The first-order chi connectivity index (χ1) is 13.6. The molecular formula is C23H23N3O3. The van der Waals surface area contributed by atoms with Gasteiger partial charge in [0.1, 0.15) is 5.54 Å². The van der Waals surface area contributed by atoms with Crippen molar-refractivity contribution in [2.24, 2.45) is 0 Å². The predicted octanol–water partition coefficient (Wildman–Crippen LogP) is 3.51. The number of ketones is 1. The molecule has 0 bridgehead atoms. The van der Waals surface area contributed by atoms with Gasteiger partial charge in [0, 0.05) is 5.56 Å². The highest BCUT2D eigenvalue weighted by Crippen LogP contribution is 2.29. The third-order valence-corrected chi connectivity index (χ3v) is 5.24. The molecule has 1 fully saturated rings. The van der Waals surface area contributed by atoms with Crippen LogP contribution in [0.3, 0.4) is 0 Å². The van der Waals surface area contributed by atoms with Crippen LogP contribution in [0.2, 0.25) is 0 Å². The number of rotatable bonds is 4. The van der Waals surface area contributed by atoms with E-state index in [0.29, 0.717) is 16.7 Å². The zero-order chi connectivity index (χ0) is 21.4. The van der Waals surface area contributed by atoms with Crippen molar-refractivity contribution in [1.82, 2.24) is 10.2 Å². The molecular weight excluding hydrogens is 366 g/mol. The monoisotopic (exact) mass is 389 g/mol. The molecule has 0 saturated carbocycles. The predicted molar refractivity (Wildman–Crippen MR) is 108 cm³/mol. The molecule has 0 radical (unpaired) electrons. The van der Waals surface area contributed by atoms with Crippen LogP contribution < -0.4 is 5.32 Å². The Morgan fingerprint density at radius 1 is 1.07 bits per heavy atom. The maximum absolute atomic E-state index is 13.0. The molecule has 6 heteroatoms. The average Bonchev–Trinajstić information content (AvgIpc) is 2.91. The van der Waals surface area contributed by atoms with Crippen LogP contribution in [-0.2, 0) is 15.7 Å². The molecule has 0 aromatic heterocycles. The molecule has 1 saturated heterocycles. The summed E-state index contributed by atoms with van der Waals surface area (Å²) < 4.78 is 0. The highest BCUT2D eigenvalue weighted by molar-refractivity contribution is 6.11. The number of urea groups is 1. The van der Waals surface area contributed by atoms with E-state index in [9.17, 15) is 14.4 Å². The first kappa shape index (κ1) is 20.3. The zero-order valence-corrected chi connectivity index (χ0v) is 16.9. The minimum absolute atomic E-state index is 0.0325. The lowest BCUT2D eigenvalue weighted by atomic mass is 9.86. The SMILES string of the molecule is CC(C)(C)c1ccc(C(=O)CN2C(=O)NC(C)(c3ccc(C#N)cc3)C2=O)cc1. The molecule has 1 unspecified atom stereocenters. The highest BCUT2D eigenvalue weighted by Gasteiger charge is 2.49. The summed E-state index contributed by atoms with van der Waals surface area (Å²) in [5, 5.41) is 11.6. The molecule has 1 heterocycles. The maximum Gasteiger partial charge on any atom is 0.325 e. The summed E-state index contributed by atoms with van der Waals surface area (Å²) in [5.74, 6) is -0.801. The van der Waals surface area contributed by atoms with Gasteiger partial charge in [0.2, 0.25) is 0 Å². The number of hydrogen-bond donors (Lipinski definition) is 1. The minimum atomic E-state index is -1.28. The first-order valence-electron chi connectivity index (χ1n) is 9.35. The highest BCUT2D eigenvalue weighted by atomic mass is 16.2. The van der Waals surface area contributed by atoms with E-state index in [2.05, 4.69) is 26.1 Å². The topological polar surface area (TPSA) is 90.3 Å². The summed E-state index contributed by atoms with van der Waals surface area (Å²) in [6.45, 7) is 7.52. The van der Waals surface area contributed by atoms with Crippen molar-refractivity contribution >= 4 is 17.7 Å². The van der Waals surface area contributed by atoms with Gasteiger partial charge in [-0.25, -0.2) is 4.79 Å². The summed E-state index contributed by atoms with van der Waals surface area (Å²) in [5.41, 5.74) is 1.25. The van der Waals surface area contributed by atoms with Crippen molar-refractivity contribution in [2.45, 2.75) is 38.6 Å². The number of nitrogens with zero attached hydrogens (tertiary/aromatic N) is 2. The average molecular weight is 389 g/mol. The summed E-state index contributed by atoms with van der Waals surface area (Å²) in [6.07, 6.45) is 0. The standard InChI is InChI=1S/C23H23N3O3/c1-22(2,3)17-11-7-16(8-12-17)19(27)14-26-20(28)23(4,25-21(26)29)18-9-5-15(13-24)6-10-18/h5-12H,14H2,1-4H3,(H,25,29). The Kier molecular flexibility index (Phi) is 5.02. The fourth-order valence-electron chi connectivity index (χ4n) is 3.31. The molecule has 1 N–H and O–H groups in total. The van der Waals surface area contributed by atoms with Gasteiger partial charge in [-0.1, -0.05) is 57.2 Å². The van der Waals surface area contributed by atoms with E-state index in [0.717, 1.165) is 10.5 Å². The second-order valence-electron chi connectivity index (χ2n) is 8.39. The van der Waals surface area contributed by atoms with Crippen molar-refractivity contribution < 1.29 is 14.4 Å². The summed E-state index contributed by atoms with van der Waals surface area (Å²) in [7, 11) is 0. The number of imide groups is 1. The van der Waals surface area contributed by atoms with Crippen molar-refractivity contribution in [1.29, 1.82) is 5.26 Å². The van der Waals surface area contributed by atoms with Gasteiger partial charge in [-0.2, -0.15) is 5.26 Å². The third kappa shape index (κ3) is 3.77. The van der Waals surface area contributed by atoms with Gasteiger partial charge in [0.15, 0.2) is 5.78 Å². The largest absolute Gasteiger partial charge is 0.325 e. The van der Waals surface area contributed by atoms with Crippen LogP contribution in [0, 0.1) is 11.3 Å². The second kappa shape index (κ2) is 7.17. The van der Waals surface area contributed by atoms with Crippen LogP contribution in [0.25, 0.3) is 0 Å². The van der Waals surface area contributed by atoms with Crippen LogP contribution in [0.5, 0.6) is 0 Å². The van der Waals surface area contributed by atoms with Gasteiger partial charge in [-0.3, -0.25) is 14.5 Å². The molecule has 2 aromatic rings. The molecule has 3 amide bonds. The Labute approximate surface area is 170 Å². The molecule has 1 aliphatic rings. The Balaban J connectivity index is 1.79. The van der Waals surface area contributed by atoms with E-state index in [1.165, 1.54) is 0 Å². The van der Waals surface area contributed by atoms with Gasteiger partial charge >= 0.3 is 6.03 Å². The summed E-state index contributed by atoms with van der Waals surface area (Å²) in [6, 6.07) is 15.1. The smallest absolute Gasteiger partial charge is 0.319 e. The van der Waals surface area contributed by atoms with Crippen LogP contribution >= 0.6 is 0 Å². The van der Waals surface area contributed by atoms with Crippen LogP contribution in [0.4, 0.5) is 4.79 Å². The maximum atomic E-state index is 13.0. The van der Waals surface area contributed by atoms with Crippen LogP contribution in [0.1, 0.15) is 54.7 Å². The molecule has 0 spiro atoms. The molecule has 1 aliphatic heterocycles.